The van der Waals surface area contributed by atoms with E-state index in [1.165, 1.54) is 12.1 Å². The van der Waals surface area contributed by atoms with Gasteiger partial charge in [0.25, 0.3) is 0 Å². The van der Waals surface area contributed by atoms with E-state index in [0.717, 1.165) is 31.6 Å². The van der Waals surface area contributed by atoms with E-state index in [0.29, 0.717) is 6.04 Å². The summed E-state index contributed by atoms with van der Waals surface area (Å²) in [6.45, 7) is 1.99. The highest BCUT2D eigenvalue weighted by Gasteiger charge is 2.13. The highest BCUT2D eigenvalue weighted by molar-refractivity contribution is 5.48. The molecule has 0 amide bonds. The molecule has 1 saturated heterocycles. The molecule has 16 heavy (non-hydrogen) atoms. The molecular weight excluding hydrogens is 205 g/mol. The van der Waals surface area contributed by atoms with Gasteiger partial charge in [-0.3, -0.25) is 0 Å². The van der Waals surface area contributed by atoms with Crippen molar-refractivity contribution in [2.75, 3.05) is 18.4 Å². The lowest BCUT2D eigenvalue weighted by atomic mass is 10.1. The molecule has 0 aromatic heterocycles. The molecule has 3 nitrogen and oxygen atoms in total. The topological polar surface area (TPSA) is 47.9 Å². The van der Waals surface area contributed by atoms with Gasteiger partial charge in [-0.1, -0.05) is 0 Å². The van der Waals surface area contributed by atoms with Crippen molar-refractivity contribution in [1.82, 2.24) is 5.32 Å². The average Bonchev–Trinajstić information content (AvgIpc) is 2.31. The van der Waals surface area contributed by atoms with Gasteiger partial charge in [-0.05, 0) is 44.1 Å². The molecule has 1 aliphatic rings. The molecule has 0 atom stereocenters. The van der Waals surface area contributed by atoms with Crippen LogP contribution in [0.3, 0.4) is 0 Å². The normalized spacial score (nSPS) is 16.8. The van der Waals surface area contributed by atoms with Crippen LogP contribution >= 0.6 is 0 Å². The second-order valence-electron chi connectivity index (χ2n) is 3.98. The van der Waals surface area contributed by atoms with E-state index >= 15 is 0 Å². The molecule has 0 bridgehead atoms. The third-order valence-corrected chi connectivity index (χ3v) is 2.80. The number of rotatable bonds is 2. The molecule has 0 saturated carbocycles. The summed E-state index contributed by atoms with van der Waals surface area (Å²) in [6, 6.07) is 6.87. The minimum Gasteiger partial charge on any atom is -0.382 e. The van der Waals surface area contributed by atoms with E-state index in [1.807, 2.05) is 6.07 Å². The van der Waals surface area contributed by atoms with Crippen LogP contribution in [0.4, 0.5) is 10.1 Å². The second-order valence-corrected chi connectivity index (χ2v) is 3.98. The molecule has 1 aliphatic heterocycles. The summed E-state index contributed by atoms with van der Waals surface area (Å²) in [6.07, 6.45) is 2.09. The van der Waals surface area contributed by atoms with E-state index in [9.17, 15) is 4.39 Å². The van der Waals surface area contributed by atoms with Crippen molar-refractivity contribution < 1.29 is 4.39 Å². The van der Waals surface area contributed by atoms with Crippen molar-refractivity contribution in [2.24, 2.45) is 0 Å². The molecule has 2 N–H and O–H groups in total. The summed E-state index contributed by atoms with van der Waals surface area (Å²) in [7, 11) is 0. The van der Waals surface area contributed by atoms with E-state index in [-0.39, 0.29) is 5.56 Å². The third kappa shape index (κ3) is 2.50. The maximum absolute atomic E-state index is 13.3. The van der Waals surface area contributed by atoms with Gasteiger partial charge in [0.1, 0.15) is 11.9 Å². The van der Waals surface area contributed by atoms with Gasteiger partial charge in [-0.25, -0.2) is 4.39 Å². The smallest absolute Gasteiger partial charge is 0.143 e. The molecule has 84 valence electrons. The van der Waals surface area contributed by atoms with Crippen LogP contribution in [0.15, 0.2) is 18.2 Å². The number of piperidine rings is 1. The Hall–Kier alpha value is -1.60. The lowest BCUT2D eigenvalue weighted by Crippen LogP contribution is -2.35. The van der Waals surface area contributed by atoms with Gasteiger partial charge in [-0.2, -0.15) is 5.26 Å². The van der Waals surface area contributed by atoms with E-state index < -0.39 is 5.82 Å². The minimum absolute atomic E-state index is 0.0934. The van der Waals surface area contributed by atoms with Crippen molar-refractivity contribution in [3.63, 3.8) is 0 Å². The minimum atomic E-state index is -0.457. The Morgan fingerprint density at radius 1 is 1.38 bits per heavy atom. The molecule has 4 heteroatoms. The highest BCUT2D eigenvalue weighted by atomic mass is 19.1. The monoisotopic (exact) mass is 219 g/mol. The van der Waals surface area contributed by atoms with Gasteiger partial charge in [0.05, 0.1) is 5.56 Å². The summed E-state index contributed by atoms with van der Waals surface area (Å²) in [5.74, 6) is -0.457. The van der Waals surface area contributed by atoms with E-state index in [4.69, 9.17) is 5.26 Å². The first-order valence-electron chi connectivity index (χ1n) is 5.46. The first-order valence-corrected chi connectivity index (χ1v) is 5.46. The maximum atomic E-state index is 13.3. The summed E-state index contributed by atoms with van der Waals surface area (Å²) >= 11 is 0. The maximum Gasteiger partial charge on any atom is 0.143 e. The zero-order chi connectivity index (χ0) is 11.4. The Kier molecular flexibility index (Phi) is 3.37. The number of benzene rings is 1. The van der Waals surface area contributed by atoms with Gasteiger partial charge in [0.15, 0.2) is 0 Å². The zero-order valence-corrected chi connectivity index (χ0v) is 8.96. The van der Waals surface area contributed by atoms with Crippen LogP contribution in [-0.2, 0) is 0 Å². The van der Waals surface area contributed by atoms with Crippen LogP contribution in [0.2, 0.25) is 0 Å². The van der Waals surface area contributed by atoms with Crippen LogP contribution in [-0.4, -0.2) is 19.1 Å². The van der Waals surface area contributed by atoms with E-state index in [2.05, 4.69) is 10.6 Å². The van der Waals surface area contributed by atoms with Crippen LogP contribution < -0.4 is 10.6 Å². The number of hydrogen-bond donors (Lipinski definition) is 2. The first-order chi connectivity index (χ1) is 7.79. The molecule has 1 heterocycles. The second kappa shape index (κ2) is 4.95. The summed E-state index contributed by atoms with van der Waals surface area (Å²) in [5.41, 5.74) is 0.847. The third-order valence-electron chi connectivity index (χ3n) is 2.80. The van der Waals surface area contributed by atoms with Crippen LogP contribution in [0.5, 0.6) is 0 Å². The molecule has 0 unspecified atom stereocenters. The number of anilines is 1. The molecule has 1 aromatic rings. The Bertz CT molecular complexity index is 405. The largest absolute Gasteiger partial charge is 0.382 e. The number of nitrogens with zero attached hydrogens (tertiary/aromatic N) is 1. The SMILES string of the molecule is N#Cc1ccc(NC2CCNCC2)cc1F. The highest BCUT2D eigenvalue weighted by Crippen LogP contribution is 2.17. The summed E-state index contributed by atoms with van der Waals surface area (Å²) in [5, 5.41) is 15.2. The molecule has 1 fully saturated rings. The van der Waals surface area contributed by atoms with Gasteiger partial charge in [0.2, 0.25) is 0 Å². The lowest BCUT2D eigenvalue weighted by Gasteiger charge is -2.24. The van der Waals surface area contributed by atoms with Crippen molar-refractivity contribution in [3.05, 3.63) is 29.6 Å². The number of halogens is 1. The quantitative estimate of drug-likeness (QED) is 0.798. The number of nitrogens with one attached hydrogen (secondary N) is 2. The molecular formula is C12H14FN3. The molecule has 2 rings (SSSR count). The fourth-order valence-corrected chi connectivity index (χ4v) is 1.90. The fourth-order valence-electron chi connectivity index (χ4n) is 1.90. The predicted octanol–water partition coefficient (Wildman–Crippen LogP) is 1.86. The van der Waals surface area contributed by atoms with Gasteiger partial charge in [-0.15, -0.1) is 0 Å². The number of hydrogen-bond acceptors (Lipinski definition) is 3. The van der Waals surface area contributed by atoms with Gasteiger partial charge < -0.3 is 10.6 Å². The van der Waals surface area contributed by atoms with Gasteiger partial charge in [0, 0.05) is 11.7 Å². The lowest BCUT2D eigenvalue weighted by molar-refractivity contribution is 0.479. The predicted molar refractivity (Wildman–Crippen MR) is 60.6 cm³/mol. The standard InChI is InChI=1S/C12H14FN3/c13-12-7-11(2-1-9(12)8-14)16-10-3-5-15-6-4-10/h1-2,7,10,15-16H,3-6H2. The Labute approximate surface area is 94.3 Å². The van der Waals surface area contributed by atoms with Crippen molar-refractivity contribution in [3.8, 4) is 6.07 Å². The van der Waals surface area contributed by atoms with Gasteiger partial charge >= 0.3 is 0 Å². The Morgan fingerprint density at radius 3 is 2.75 bits per heavy atom. The summed E-state index contributed by atoms with van der Waals surface area (Å²) in [4.78, 5) is 0. The van der Waals surface area contributed by atoms with Crippen LogP contribution in [0.25, 0.3) is 0 Å². The van der Waals surface area contributed by atoms with Crippen LogP contribution in [0, 0.1) is 17.1 Å². The van der Waals surface area contributed by atoms with Crippen molar-refractivity contribution in [1.29, 1.82) is 5.26 Å². The molecule has 0 spiro atoms. The Morgan fingerprint density at radius 2 is 2.12 bits per heavy atom. The Balaban J connectivity index is 2.04. The average molecular weight is 219 g/mol. The van der Waals surface area contributed by atoms with Crippen molar-refractivity contribution >= 4 is 5.69 Å². The van der Waals surface area contributed by atoms with E-state index in [1.54, 1.807) is 6.07 Å². The summed E-state index contributed by atoms with van der Waals surface area (Å²) < 4.78 is 13.3. The number of nitriles is 1. The molecule has 0 radical (unpaired) electrons. The fraction of sp³-hybridized carbons (Fsp3) is 0.417. The molecule has 1 aromatic carbocycles. The van der Waals surface area contributed by atoms with Crippen LogP contribution in [0.1, 0.15) is 18.4 Å². The zero-order valence-electron chi connectivity index (χ0n) is 8.96. The first kappa shape index (κ1) is 10.9. The molecule has 0 aliphatic carbocycles. The van der Waals surface area contributed by atoms with Crippen molar-refractivity contribution in [2.45, 2.75) is 18.9 Å².